The minimum Gasteiger partial charge on any atom is -0.395 e. The van der Waals surface area contributed by atoms with Gasteiger partial charge in [0.15, 0.2) is 0 Å². The predicted molar refractivity (Wildman–Crippen MR) is 201 cm³/mol. The van der Waals surface area contributed by atoms with Gasteiger partial charge in [-0.15, -0.1) is 0 Å². The predicted octanol–water partition coefficient (Wildman–Crippen LogP) is 4.35. The van der Waals surface area contributed by atoms with Crippen molar-refractivity contribution in [1.82, 2.24) is 25.8 Å². The molecule has 3 aromatic carbocycles. The largest absolute Gasteiger partial charge is 0.395 e. The molecule has 3 aliphatic rings. The van der Waals surface area contributed by atoms with Gasteiger partial charge in [-0.25, -0.2) is 0 Å². The van der Waals surface area contributed by atoms with E-state index in [9.17, 15) is 14.4 Å². The molecule has 272 valence electrons. The van der Waals surface area contributed by atoms with Crippen molar-refractivity contribution in [2.24, 2.45) is 0 Å². The number of likely N-dealkylation sites (tertiary alicyclic amines) is 1. The monoisotopic (exact) mass is 714 g/mol. The molecule has 0 radical (unpaired) electrons. The lowest BCUT2D eigenvalue weighted by Crippen LogP contribution is -2.58. The van der Waals surface area contributed by atoms with Crippen molar-refractivity contribution in [3.63, 3.8) is 0 Å². The van der Waals surface area contributed by atoms with Crippen LogP contribution in [-0.2, 0) is 22.6 Å². The number of piperidine rings is 1. The number of hydrogen-bond donors (Lipinski definition) is 4. The summed E-state index contributed by atoms with van der Waals surface area (Å²) in [6.07, 6.45) is 7.57. The van der Waals surface area contributed by atoms with E-state index >= 15 is 0 Å². The average molecular weight is 715 g/mol. The number of aliphatic hydroxyl groups excluding tert-OH is 1. The standard InChI is InChI=1S/C40H51ClN6O4/c41-33-17-13-30(14-18-33)25-36(44-38(50)32-15-11-31(12-16-32)26-42-21-24-48)39(51)46-22-19-40(20-23-46)28-45(29-47(40)35-9-5-2-6-10-35)27-37(49)43-34-7-3-1-4-8-34/h2,5-6,9-18,34,36,42,48H,1,3-4,7-8,19-29H2,(H,43,49)(H,44,50). The molecule has 1 atom stereocenters. The summed E-state index contributed by atoms with van der Waals surface area (Å²) < 4.78 is 0. The van der Waals surface area contributed by atoms with E-state index in [1.54, 1.807) is 24.3 Å². The zero-order chi connectivity index (χ0) is 35.6. The first kappa shape index (κ1) is 36.8. The molecule has 2 aliphatic heterocycles. The topological polar surface area (TPSA) is 117 Å². The number of halogens is 1. The number of benzene rings is 3. The van der Waals surface area contributed by atoms with Crippen LogP contribution in [0.15, 0.2) is 78.9 Å². The molecule has 3 amide bonds. The van der Waals surface area contributed by atoms with Crippen LogP contribution in [0.1, 0.15) is 66.4 Å². The van der Waals surface area contributed by atoms with Crippen molar-refractivity contribution in [1.29, 1.82) is 0 Å². The van der Waals surface area contributed by atoms with Crippen molar-refractivity contribution in [2.75, 3.05) is 50.9 Å². The first-order chi connectivity index (χ1) is 24.8. The van der Waals surface area contributed by atoms with Gasteiger partial charge in [0.2, 0.25) is 11.8 Å². The van der Waals surface area contributed by atoms with E-state index in [2.05, 4.69) is 37.9 Å². The molecule has 2 heterocycles. The first-order valence-corrected chi connectivity index (χ1v) is 18.8. The van der Waals surface area contributed by atoms with E-state index in [-0.39, 0.29) is 35.9 Å². The molecule has 51 heavy (non-hydrogen) atoms. The Kier molecular flexibility index (Phi) is 12.6. The maximum absolute atomic E-state index is 14.3. The van der Waals surface area contributed by atoms with Crippen LogP contribution in [0.5, 0.6) is 0 Å². The van der Waals surface area contributed by atoms with Crippen LogP contribution in [0.3, 0.4) is 0 Å². The van der Waals surface area contributed by atoms with Crippen LogP contribution in [0, 0.1) is 0 Å². The molecule has 4 N–H and O–H groups in total. The van der Waals surface area contributed by atoms with Gasteiger partial charge in [0, 0.05) is 61.5 Å². The van der Waals surface area contributed by atoms with Gasteiger partial charge in [0.1, 0.15) is 6.04 Å². The molecule has 1 aliphatic carbocycles. The molecule has 11 heteroatoms. The molecule has 1 spiro atoms. The Labute approximate surface area is 306 Å². The Bertz CT molecular complexity index is 1590. The summed E-state index contributed by atoms with van der Waals surface area (Å²) in [6.45, 7) is 4.00. The molecule has 3 fully saturated rings. The molecule has 0 aromatic heterocycles. The Morgan fingerprint density at radius 1 is 0.882 bits per heavy atom. The zero-order valence-electron chi connectivity index (χ0n) is 29.4. The summed E-state index contributed by atoms with van der Waals surface area (Å²) in [5.41, 5.74) is 3.28. The van der Waals surface area contributed by atoms with Gasteiger partial charge in [-0.05, 0) is 73.2 Å². The third-order valence-electron chi connectivity index (χ3n) is 10.6. The minimum absolute atomic E-state index is 0.0598. The number of nitrogens with one attached hydrogen (secondary N) is 3. The Hall–Kier alpha value is -3.96. The third kappa shape index (κ3) is 9.68. The van der Waals surface area contributed by atoms with E-state index in [1.165, 1.54) is 19.3 Å². The van der Waals surface area contributed by atoms with Crippen LogP contribution in [0.2, 0.25) is 5.02 Å². The molecule has 1 saturated carbocycles. The smallest absolute Gasteiger partial charge is 0.251 e. The highest BCUT2D eigenvalue weighted by Crippen LogP contribution is 2.38. The van der Waals surface area contributed by atoms with Crippen molar-refractivity contribution < 1.29 is 19.5 Å². The Morgan fingerprint density at radius 2 is 1.57 bits per heavy atom. The van der Waals surface area contributed by atoms with Gasteiger partial charge >= 0.3 is 0 Å². The zero-order valence-corrected chi connectivity index (χ0v) is 30.1. The second-order valence-electron chi connectivity index (χ2n) is 14.3. The summed E-state index contributed by atoms with van der Waals surface area (Å²) in [7, 11) is 0. The Morgan fingerprint density at radius 3 is 2.25 bits per heavy atom. The second-order valence-corrected chi connectivity index (χ2v) is 14.7. The number of rotatable bonds is 13. The fourth-order valence-electron chi connectivity index (χ4n) is 7.87. The normalized spacial score (nSPS) is 18.5. The van der Waals surface area contributed by atoms with Crippen molar-refractivity contribution in [3.8, 4) is 0 Å². The second kappa shape index (κ2) is 17.5. The van der Waals surface area contributed by atoms with Gasteiger partial charge in [-0.2, -0.15) is 0 Å². The van der Waals surface area contributed by atoms with Crippen LogP contribution in [-0.4, -0.2) is 96.2 Å². The maximum atomic E-state index is 14.3. The lowest BCUT2D eigenvalue weighted by molar-refractivity contribution is -0.134. The van der Waals surface area contributed by atoms with Gasteiger partial charge < -0.3 is 30.9 Å². The molecule has 1 unspecified atom stereocenters. The van der Waals surface area contributed by atoms with E-state index < -0.39 is 6.04 Å². The maximum Gasteiger partial charge on any atom is 0.251 e. The summed E-state index contributed by atoms with van der Waals surface area (Å²) in [6, 6.07) is 24.6. The highest BCUT2D eigenvalue weighted by atomic mass is 35.5. The van der Waals surface area contributed by atoms with Gasteiger partial charge in [-0.3, -0.25) is 19.3 Å². The van der Waals surface area contributed by atoms with E-state index in [4.69, 9.17) is 16.7 Å². The number of anilines is 1. The fourth-order valence-corrected chi connectivity index (χ4v) is 8.00. The fraction of sp³-hybridized carbons (Fsp3) is 0.475. The van der Waals surface area contributed by atoms with E-state index in [0.717, 1.165) is 49.0 Å². The number of nitrogens with zero attached hydrogens (tertiary/aromatic N) is 3. The van der Waals surface area contributed by atoms with Crippen LogP contribution >= 0.6 is 11.6 Å². The molecule has 0 bridgehead atoms. The van der Waals surface area contributed by atoms with Crippen LogP contribution < -0.4 is 20.9 Å². The third-order valence-corrected chi connectivity index (χ3v) is 10.9. The van der Waals surface area contributed by atoms with Crippen molar-refractivity contribution in [3.05, 3.63) is 101 Å². The van der Waals surface area contributed by atoms with E-state index in [1.807, 2.05) is 47.4 Å². The van der Waals surface area contributed by atoms with E-state index in [0.29, 0.717) is 56.4 Å². The van der Waals surface area contributed by atoms with Crippen LogP contribution in [0.4, 0.5) is 5.69 Å². The number of hydrogen-bond acceptors (Lipinski definition) is 7. The lowest BCUT2D eigenvalue weighted by atomic mass is 9.85. The summed E-state index contributed by atoms with van der Waals surface area (Å²) in [4.78, 5) is 47.5. The van der Waals surface area contributed by atoms with Gasteiger partial charge in [0.05, 0.1) is 25.4 Å². The highest BCUT2D eigenvalue weighted by Gasteiger charge is 2.48. The SMILES string of the molecule is O=C(CN1CN(c2ccccc2)C2(CCN(C(=O)C(Cc3ccc(Cl)cc3)NC(=O)c3ccc(CNCCO)cc3)CC2)C1)NC1CCCCC1. The summed E-state index contributed by atoms with van der Waals surface area (Å²) >= 11 is 6.16. The van der Waals surface area contributed by atoms with Gasteiger partial charge in [0.25, 0.3) is 5.91 Å². The Balaban J connectivity index is 1.13. The molecular formula is C40H51ClN6O4. The minimum atomic E-state index is -0.757. The van der Waals surface area contributed by atoms with Crippen LogP contribution in [0.25, 0.3) is 0 Å². The number of amides is 3. The lowest BCUT2D eigenvalue weighted by Gasteiger charge is -2.45. The molecule has 6 rings (SSSR count). The number of carbonyl (C=O) groups excluding carboxylic acids is 3. The molecule has 2 saturated heterocycles. The van der Waals surface area contributed by atoms with Crippen molar-refractivity contribution >= 4 is 35.0 Å². The summed E-state index contributed by atoms with van der Waals surface area (Å²) in [5, 5.41) is 19.1. The highest BCUT2D eigenvalue weighted by molar-refractivity contribution is 6.30. The molecule has 10 nitrogen and oxygen atoms in total. The van der Waals surface area contributed by atoms with Crippen molar-refractivity contribution in [2.45, 2.75) is 75.5 Å². The molecular weight excluding hydrogens is 664 g/mol. The van der Waals surface area contributed by atoms with Gasteiger partial charge in [-0.1, -0.05) is 73.3 Å². The number of aliphatic hydroxyl groups is 1. The quantitative estimate of drug-likeness (QED) is 0.195. The first-order valence-electron chi connectivity index (χ1n) is 18.4. The average Bonchev–Trinajstić information content (AvgIpc) is 3.49. The summed E-state index contributed by atoms with van der Waals surface area (Å²) in [5.74, 6) is -0.321. The number of carbonyl (C=O) groups is 3. The molecule has 3 aromatic rings. The number of para-hydroxylation sites is 1.